The van der Waals surface area contributed by atoms with Gasteiger partial charge >= 0.3 is 0 Å². The molecule has 1 aromatic carbocycles. The van der Waals surface area contributed by atoms with Gasteiger partial charge in [-0.1, -0.05) is 0 Å². The lowest BCUT2D eigenvalue weighted by Gasteiger charge is -2.18. The van der Waals surface area contributed by atoms with Crippen molar-refractivity contribution >= 4 is 15.7 Å². The van der Waals surface area contributed by atoms with Crippen LogP contribution in [-0.4, -0.2) is 46.6 Å². The van der Waals surface area contributed by atoms with E-state index in [1.165, 1.54) is 20.2 Å². The number of halogens is 1. The highest BCUT2D eigenvalue weighted by molar-refractivity contribution is 7.89. The van der Waals surface area contributed by atoms with E-state index in [1.807, 2.05) is 6.92 Å². The van der Waals surface area contributed by atoms with Gasteiger partial charge in [-0.3, -0.25) is 0 Å². The molecule has 114 valence electrons. The molecule has 0 saturated heterocycles. The van der Waals surface area contributed by atoms with Crippen LogP contribution in [0.15, 0.2) is 17.0 Å². The predicted octanol–water partition coefficient (Wildman–Crippen LogP) is 1.07. The number of nitrogens with two attached hydrogens (primary N) is 1. The van der Waals surface area contributed by atoms with Gasteiger partial charge in [-0.25, -0.2) is 12.8 Å². The molecule has 0 aliphatic heterocycles. The number of methoxy groups -OCH3 is 1. The second-order valence-electron chi connectivity index (χ2n) is 4.05. The highest BCUT2D eigenvalue weighted by Gasteiger charge is 2.23. The van der Waals surface area contributed by atoms with Gasteiger partial charge < -0.3 is 15.2 Å². The van der Waals surface area contributed by atoms with Gasteiger partial charge in [-0.15, -0.1) is 0 Å². The van der Waals surface area contributed by atoms with Gasteiger partial charge in [0.25, 0.3) is 0 Å². The summed E-state index contributed by atoms with van der Waals surface area (Å²) in [6, 6.07) is 2.07. The number of benzene rings is 1. The number of likely N-dealkylation sites (N-methyl/N-ethyl adjacent to an activating group) is 1. The number of rotatable bonds is 7. The van der Waals surface area contributed by atoms with Crippen LogP contribution in [0, 0.1) is 5.82 Å². The summed E-state index contributed by atoms with van der Waals surface area (Å²) in [5.41, 5.74) is 5.51. The Labute approximate surface area is 118 Å². The van der Waals surface area contributed by atoms with Gasteiger partial charge in [0.2, 0.25) is 10.0 Å². The molecule has 0 bridgehead atoms. The Hall–Kier alpha value is -1.38. The zero-order valence-corrected chi connectivity index (χ0v) is 12.5. The van der Waals surface area contributed by atoms with E-state index in [9.17, 15) is 12.8 Å². The quantitative estimate of drug-likeness (QED) is 0.602. The fourth-order valence-corrected chi connectivity index (χ4v) is 2.79. The monoisotopic (exact) mass is 306 g/mol. The van der Waals surface area contributed by atoms with Gasteiger partial charge in [-0.05, 0) is 19.1 Å². The molecule has 8 heteroatoms. The second-order valence-corrected chi connectivity index (χ2v) is 6.10. The fourth-order valence-electron chi connectivity index (χ4n) is 1.59. The lowest BCUT2D eigenvalue weighted by Crippen LogP contribution is -2.30. The summed E-state index contributed by atoms with van der Waals surface area (Å²) in [5, 5.41) is 0. The zero-order chi connectivity index (χ0) is 15.3. The third-order valence-electron chi connectivity index (χ3n) is 2.71. The van der Waals surface area contributed by atoms with Crippen molar-refractivity contribution in [2.45, 2.75) is 11.8 Å². The molecule has 0 radical (unpaired) electrons. The van der Waals surface area contributed by atoms with Crippen LogP contribution in [0.5, 0.6) is 5.75 Å². The van der Waals surface area contributed by atoms with E-state index in [1.54, 1.807) is 0 Å². The molecular formula is C12H19FN2O4S. The van der Waals surface area contributed by atoms with Gasteiger partial charge in [0.05, 0.1) is 24.3 Å². The molecule has 0 atom stereocenters. The summed E-state index contributed by atoms with van der Waals surface area (Å²) in [5.74, 6) is -0.981. The van der Waals surface area contributed by atoms with Crippen LogP contribution in [0.2, 0.25) is 0 Å². The first-order valence-electron chi connectivity index (χ1n) is 6.01. The van der Waals surface area contributed by atoms with Crippen LogP contribution in [-0.2, 0) is 14.8 Å². The number of ether oxygens (including phenoxy) is 2. The minimum absolute atomic E-state index is 0.0655. The van der Waals surface area contributed by atoms with E-state index in [0.717, 1.165) is 10.4 Å². The summed E-state index contributed by atoms with van der Waals surface area (Å²) < 4.78 is 49.1. The number of nitrogen functional groups attached to an aromatic ring is 1. The molecule has 1 aromatic rings. The van der Waals surface area contributed by atoms with Crippen molar-refractivity contribution in [2.24, 2.45) is 0 Å². The molecule has 0 fully saturated rings. The molecular weight excluding hydrogens is 287 g/mol. The highest BCUT2D eigenvalue weighted by atomic mass is 32.2. The molecule has 20 heavy (non-hydrogen) atoms. The Morgan fingerprint density at radius 1 is 1.40 bits per heavy atom. The molecule has 6 nitrogen and oxygen atoms in total. The minimum atomic E-state index is -3.81. The third-order valence-corrected chi connectivity index (χ3v) is 4.55. The summed E-state index contributed by atoms with van der Waals surface area (Å²) in [7, 11) is -1.16. The van der Waals surface area contributed by atoms with Gasteiger partial charge in [0.15, 0.2) is 11.6 Å². The summed E-state index contributed by atoms with van der Waals surface area (Å²) in [6.07, 6.45) is 0. The number of hydrogen-bond donors (Lipinski definition) is 1. The maximum atomic E-state index is 13.7. The minimum Gasteiger partial charge on any atom is -0.492 e. The van der Waals surface area contributed by atoms with Crippen LogP contribution in [0.4, 0.5) is 10.1 Å². The Balaban J connectivity index is 3.04. The molecule has 0 amide bonds. The van der Waals surface area contributed by atoms with Crippen LogP contribution in [0.1, 0.15) is 6.92 Å². The molecule has 0 aromatic heterocycles. The maximum absolute atomic E-state index is 13.7. The molecule has 0 spiro atoms. The number of hydrogen-bond acceptors (Lipinski definition) is 5. The molecule has 0 aliphatic rings. The average molecular weight is 306 g/mol. The molecule has 1 rings (SSSR count). The van der Waals surface area contributed by atoms with E-state index in [-0.39, 0.29) is 29.5 Å². The SMILES string of the molecule is CCOCCN(C)S(=O)(=O)c1cc(N)c(OC)c(F)c1. The first-order valence-corrected chi connectivity index (χ1v) is 7.45. The molecule has 0 heterocycles. The maximum Gasteiger partial charge on any atom is 0.243 e. The van der Waals surface area contributed by atoms with Crippen molar-refractivity contribution in [2.75, 3.05) is 39.6 Å². The van der Waals surface area contributed by atoms with E-state index in [0.29, 0.717) is 6.61 Å². The van der Waals surface area contributed by atoms with E-state index < -0.39 is 15.8 Å². The number of anilines is 1. The normalized spacial score (nSPS) is 11.8. The fraction of sp³-hybridized carbons (Fsp3) is 0.500. The van der Waals surface area contributed by atoms with E-state index in [4.69, 9.17) is 15.2 Å². The lowest BCUT2D eigenvalue weighted by atomic mass is 10.3. The van der Waals surface area contributed by atoms with Gasteiger partial charge in [0, 0.05) is 20.2 Å². The van der Waals surface area contributed by atoms with E-state index in [2.05, 4.69) is 0 Å². The van der Waals surface area contributed by atoms with E-state index >= 15 is 0 Å². The van der Waals surface area contributed by atoms with Crippen LogP contribution in [0.3, 0.4) is 0 Å². The van der Waals surface area contributed by atoms with Crippen molar-refractivity contribution in [3.05, 3.63) is 17.9 Å². The smallest absolute Gasteiger partial charge is 0.243 e. The third kappa shape index (κ3) is 3.59. The summed E-state index contributed by atoms with van der Waals surface area (Å²) in [6.45, 7) is 2.75. The predicted molar refractivity (Wildman–Crippen MR) is 73.7 cm³/mol. The standard InChI is InChI=1S/C12H19FN2O4S/c1-4-19-6-5-15(2)20(16,17)9-7-10(13)12(18-3)11(14)8-9/h7-8H,4-6,14H2,1-3H3. The lowest BCUT2D eigenvalue weighted by molar-refractivity contribution is 0.138. The van der Waals surface area contributed by atoms with Crippen molar-refractivity contribution in [1.29, 1.82) is 0 Å². The van der Waals surface area contributed by atoms with Gasteiger partial charge in [0.1, 0.15) is 0 Å². The highest BCUT2D eigenvalue weighted by Crippen LogP contribution is 2.29. The van der Waals surface area contributed by atoms with Crippen molar-refractivity contribution in [3.8, 4) is 5.75 Å². The van der Waals surface area contributed by atoms with Crippen molar-refractivity contribution in [1.82, 2.24) is 4.31 Å². The molecule has 2 N–H and O–H groups in total. The van der Waals surface area contributed by atoms with Crippen molar-refractivity contribution < 1.29 is 22.3 Å². The Bertz CT molecular complexity index is 540. The summed E-state index contributed by atoms with van der Waals surface area (Å²) >= 11 is 0. The first kappa shape index (κ1) is 16.7. The molecule has 0 unspecified atom stereocenters. The second kappa shape index (κ2) is 6.87. The first-order chi connectivity index (χ1) is 9.34. The molecule has 0 aliphatic carbocycles. The topological polar surface area (TPSA) is 81.9 Å². The Kier molecular flexibility index (Phi) is 5.73. The summed E-state index contributed by atoms with van der Waals surface area (Å²) in [4.78, 5) is -0.215. The van der Waals surface area contributed by atoms with Crippen LogP contribution in [0.25, 0.3) is 0 Å². The molecule has 0 saturated carbocycles. The number of sulfonamides is 1. The number of nitrogens with zero attached hydrogens (tertiary/aromatic N) is 1. The van der Waals surface area contributed by atoms with Crippen LogP contribution >= 0.6 is 0 Å². The Morgan fingerprint density at radius 2 is 2.05 bits per heavy atom. The van der Waals surface area contributed by atoms with Crippen molar-refractivity contribution in [3.63, 3.8) is 0 Å². The Morgan fingerprint density at radius 3 is 2.55 bits per heavy atom. The largest absolute Gasteiger partial charge is 0.492 e. The zero-order valence-electron chi connectivity index (χ0n) is 11.7. The average Bonchev–Trinajstić information content (AvgIpc) is 2.38. The van der Waals surface area contributed by atoms with Crippen LogP contribution < -0.4 is 10.5 Å². The van der Waals surface area contributed by atoms with Gasteiger partial charge in [-0.2, -0.15) is 4.31 Å².